The topological polar surface area (TPSA) is 72.8 Å². The minimum absolute atomic E-state index is 0.0860. The molecule has 0 saturated carbocycles. The Hall–Kier alpha value is -5.00. The molecule has 0 aromatic rings. The number of carbonyl (C=O) groups excluding carboxylic acids is 2. The first-order valence-corrected chi connectivity index (χ1v) is 31.3. The first kappa shape index (κ1) is 73.0. The Morgan fingerprint density at radius 3 is 0.769 bits per heavy atom. The molecule has 5 heteroatoms. The minimum Gasteiger partial charge on any atom is -0.462 e. The van der Waals surface area contributed by atoms with Crippen molar-refractivity contribution in [3.05, 3.63) is 182 Å². The standard InChI is InChI=1S/C73H114O5/c1-3-5-7-9-11-13-15-17-19-21-23-25-27-29-30-31-32-33-34-35-36-37-38-39-40-41-42-44-46-48-50-52-54-56-58-60-62-64-66-68-73(76)78-71(69-74)70-77-72(75)67-65-63-61-59-57-55-53-51-49-47-45-43-28-26-24-22-20-18-16-14-12-10-8-6-4-2/h5-8,11-14,17-20,23-26,29-30,32-33,35-36,38-39,41-42,46,48,52,54,71,74H,3-4,9-10,15-16,21-22,27-28,31,34,37,40,43-45,47,49-51,53,55-70H2,1-2H3/b7-5-,8-6-,13-11-,14-12-,19-17-,20-18-,25-23-,26-24-,30-29-,33-32-,36-35-,39-38-,42-41-,48-46-,54-52-. The van der Waals surface area contributed by atoms with E-state index in [4.69, 9.17) is 9.47 Å². The first-order valence-electron chi connectivity index (χ1n) is 31.3. The lowest BCUT2D eigenvalue weighted by atomic mass is 10.0. The molecule has 0 saturated heterocycles. The summed E-state index contributed by atoms with van der Waals surface area (Å²) in [5.41, 5.74) is 0. The molecule has 1 unspecified atom stereocenters. The maximum Gasteiger partial charge on any atom is 0.306 e. The molecule has 78 heavy (non-hydrogen) atoms. The zero-order valence-electron chi connectivity index (χ0n) is 49.8. The fourth-order valence-electron chi connectivity index (χ4n) is 8.08. The molecular weight excluding hydrogens is 957 g/mol. The van der Waals surface area contributed by atoms with Crippen LogP contribution < -0.4 is 0 Å². The maximum atomic E-state index is 12.3. The van der Waals surface area contributed by atoms with Gasteiger partial charge in [0.2, 0.25) is 0 Å². The third-order valence-electron chi connectivity index (χ3n) is 12.7. The van der Waals surface area contributed by atoms with Crippen LogP contribution in [0.2, 0.25) is 0 Å². The number of carbonyl (C=O) groups is 2. The van der Waals surface area contributed by atoms with Gasteiger partial charge in [-0.25, -0.2) is 0 Å². The van der Waals surface area contributed by atoms with E-state index in [1.807, 2.05) is 0 Å². The fraction of sp³-hybridized carbons (Fsp3) is 0.562. The van der Waals surface area contributed by atoms with Gasteiger partial charge in [-0.1, -0.05) is 280 Å². The van der Waals surface area contributed by atoms with Gasteiger partial charge in [-0.05, 0) is 135 Å². The van der Waals surface area contributed by atoms with Gasteiger partial charge in [0.25, 0.3) is 0 Å². The largest absolute Gasteiger partial charge is 0.462 e. The summed E-state index contributed by atoms with van der Waals surface area (Å²) in [5.74, 6) is -0.625. The van der Waals surface area contributed by atoms with E-state index >= 15 is 0 Å². The highest BCUT2D eigenvalue weighted by atomic mass is 16.6. The molecule has 0 rings (SSSR count). The molecule has 1 atom stereocenters. The number of allylic oxidation sites excluding steroid dienone is 30. The fourth-order valence-corrected chi connectivity index (χ4v) is 8.08. The lowest BCUT2D eigenvalue weighted by Crippen LogP contribution is -2.28. The Morgan fingerprint density at radius 2 is 0.513 bits per heavy atom. The van der Waals surface area contributed by atoms with Crippen molar-refractivity contribution < 1.29 is 24.2 Å². The van der Waals surface area contributed by atoms with Crippen LogP contribution in [0.1, 0.15) is 245 Å². The molecule has 0 heterocycles. The van der Waals surface area contributed by atoms with E-state index < -0.39 is 6.10 Å². The molecule has 0 aliphatic heterocycles. The van der Waals surface area contributed by atoms with Gasteiger partial charge in [0.1, 0.15) is 6.61 Å². The summed E-state index contributed by atoms with van der Waals surface area (Å²) in [4.78, 5) is 24.6. The summed E-state index contributed by atoms with van der Waals surface area (Å²) in [6.45, 7) is 3.89. The molecule has 0 fully saturated rings. The summed E-state index contributed by atoms with van der Waals surface area (Å²) >= 11 is 0. The zero-order chi connectivity index (χ0) is 56.2. The average Bonchev–Trinajstić information content (AvgIpc) is 3.44. The number of hydrogen-bond acceptors (Lipinski definition) is 5. The second kappa shape index (κ2) is 66.3. The highest BCUT2D eigenvalue weighted by Gasteiger charge is 2.16. The summed E-state index contributed by atoms with van der Waals surface area (Å²) in [6.07, 6.45) is 104. The van der Waals surface area contributed by atoms with E-state index in [9.17, 15) is 14.7 Å². The number of aliphatic hydroxyl groups excluding tert-OH is 1. The molecule has 0 aromatic heterocycles. The molecule has 5 nitrogen and oxygen atoms in total. The average molecular weight is 1070 g/mol. The molecule has 1 N–H and O–H groups in total. The highest BCUT2D eigenvalue weighted by Crippen LogP contribution is 2.15. The van der Waals surface area contributed by atoms with Crippen LogP contribution >= 0.6 is 0 Å². The van der Waals surface area contributed by atoms with Crippen molar-refractivity contribution in [2.45, 2.75) is 251 Å². The second-order valence-corrected chi connectivity index (χ2v) is 20.0. The van der Waals surface area contributed by atoms with Crippen molar-refractivity contribution in [1.29, 1.82) is 0 Å². The second-order valence-electron chi connectivity index (χ2n) is 20.0. The Labute approximate surface area is 480 Å². The smallest absolute Gasteiger partial charge is 0.306 e. The molecule has 0 bridgehead atoms. The van der Waals surface area contributed by atoms with Crippen LogP contribution in [0.15, 0.2) is 182 Å². The number of hydrogen-bond donors (Lipinski definition) is 1. The Bertz CT molecular complexity index is 1780. The third kappa shape index (κ3) is 63.5. The van der Waals surface area contributed by atoms with Gasteiger partial charge in [0.05, 0.1) is 6.61 Å². The van der Waals surface area contributed by atoms with Crippen molar-refractivity contribution in [2.75, 3.05) is 13.2 Å². The Morgan fingerprint density at radius 1 is 0.295 bits per heavy atom. The molecule has 436 valence electrons. The number of ether oxygens (including phenoxy) is 2. The van der Waals surface area contributed by atoms with Gasteiger partial charge in [0.15, 0.2) is 6.10 Å². The number of rotatable bonds is 55. The van der Waals surface area contributed by atoms with E-state index in [0.717, 1.165) is 154 Å². The van der Waals surface area contributed by atoms with Crippen LogP contribution in [0.3, 0.4) is 0 Å². The minimum atomic E-state index is -0.798. The van der Waals surface area contributed by atoms with Gasteiger partial charge < -0.3 is 14.6 Å². The number of esters is 2. The van der Waals surface area contributed by atoms with Crippen LogP contribution in [-0.2, 0) is 19.1 Å². The van der Waals surface area contributed by atoms with Crippen molar-refractivity contribution >= 4 is 11.9 Å². The summed E-state index contributed by atoms with van der Waals surface area (Å²) in [6, 6.07) is 0. The van der Waals surface area contributed by atoms with Gasteiger partial charge in [-0.15, -0.1) is 0 Å². The molecular formula is C73H114O5. The summed E-state index contributed by atoms with van der Waals surface area (Å²) in [7, 11) is 0. The van der Waals surface area contributed by atoms with E-state index in [2.05, 4.69) is 196 Å². The molecule has 0 aliphatic rings. The molecule has 0 aliphatic carbocycles. The van der Waals surface area contributed by atoms with E-state index in [1.54, 1.807) is 0 Å². The Kier molecular flexibility index (Phi) is 62.0. The van der Waals surface area contributed by atoms with Gasteiger partial charge in [-0.2, -0.15) is 0 Å². The van der Waals surface area contributed by atoms with Crippen molar-refractivity contribution in [1.82, 2.24) is 0 Å². The molecule has 0 radical (unpaired) electrons. The monoisotopic (exact) mass is 1070 g/mol. The predicted octanol–water partition coefficient (Wildman–Crippen LogP) is 21.9. The summed E-state index contributed by atoms with van der Waals surface area (Å²) < 4.78 is 10.7. The van der Waals surface area contributed by atoms with Crippen molar-refractivity contribution in [3.8, 4) is 0 Å². The van der Waals surface area contributed by atoms with Gasteiger partial charge in [0, 0.05) is 12.8 Å². The quantitative estimate of drug-likeness (QED) is 0.0373. The normalized spacial score (nSPS) is 13.5. The van der Waals surface area contributed by atoms with Crippen molar-refractivity contribution in [3.63, 3.8) is 0 Å². The summed E-state index contributed by atoms with van der Waals surface area (Å²) in [5, 5.41) is 9.68. The zero-order valence-corrected chi connectivity index (χ0v) is 49.8. The van der Waals surface area contributed by atoms with Crippen LogP contribution in [0.4, 0.5) is 0 Å². The van der Waals surface area contributed by atoms with Crippen molar-refractivity contribution in [2.24, 2.45) is 0 Å². The highest BCUT2D eigenvalue weighted by molar-refractivity contribution is 5.70. The van der Waals surface area contributed by atoms with Crippen LogP contribution in [0.5, 0.6) is 0 Å². The van der Waals surface area contributed by atoms with Gasteiger partial charge in [-0.3, -0.25) is 9.59 Å². The van der Waals surface area contributed by atoms with E-state index in [0.29, 0.717) is 12.8 Å². The molecule has 0 aromatic carbocycles. The SMILES string of the molecule is CC/C=C\C/C=C\C/C=C\C/C=C\C/C=C\C/C=C\C/C=C\C/C=C\C/C=C\C/C=C\C/C=C\CCCCCCCC(=O)OC(CO)COC(=O)CCCCCCCCCCCCCC/C=C\C/C=C\C/C=C\C/C=C\CC. The maximum absolute atomic E-state index is 12.3. The predicted molar refractivity (Wildman–Crippen MR) is 343 cm³/mol. The van der Waals surface area contributed by atoms with Crippen LogP contribution in [0, 0.1) is 0 Å². The number of aliphatic hydroxyl groups is 1. The molecule has 0 spiro atoms. The van der Waals surface area contributed by atoms with Crippen LogP contribution in [-0.4, -0.2) is 36.4 Å². The number of unbranched alkanes of at least 4 members (excludes halogenated alkanes) is 17. The van der Waals surface area contributed by atoms with Gasteiger partial charge >= 0.3 is 11.9 Å². The third-order valence-corrected chi connectivity index (χ3v) is 12.7. The molecule has 0 amide bonds. The van der Waals surface area contributed by atoms with E-state index in [1.165, 1.54) is 64.2 Å². The van der Waals surface area contributed by atoms with E-state index in [-0.39, 0.29) is 25.2 Å². The Balaban J connectivity index is 3.64. The van der Waals surface area contributed by atoms with Crippen LogP contribution in [0.25, 0.3) is 0 Å². The first-order chi connectivity index (χ1) is 38.6. The lowest BCUT2D eigenvalue weighted by Gasteiger charge is -2.15. The lowest BCUT2D eigenvalue weighted by molar-refractivity contribution is -0.161.